The van der Waals surface area contributed by atoms with E-state index in [4.69, 9.17) is 14.2 Å². The number of epoxide rings is 1. The van der Waals surface area contributed by atoms with E-state index in [9.17, 15) is 0 Å². The zero-order chi connectivity index (χ0) is 12.2. The fraction of sp³-hybridized carbons (Fsp3) is 0.600. The molecule has 1 spiro atoms. The molecule has 2 atom stereocenters. The van der Waals surface area contributed by atoms with Gasteiger partial charge in [-0.15, -0.1) is 0 Å². The van der Waals surface area contributed by atoms with Gasteiger partial charge in [0, 0.05) is 5.56 Å². The van der Waals surface area contributed by atoms with E-state index in [1.165, 1.54) is 19.3 Å². The molecule has 96 valence electrons. The third-order valence-corrected chi connectivity index (χ3v) is 4.55. The minimum atomic E-state index is -0.0372. The van der Waals surface area contributed by atoms with Crippen LogP contribution in [0.2, 0.25) is 0 Å². The van der Waals surface area contributed by atoms with Gasteiger partial charge in [-0.2, -0.15) is 0 Å². The highest BCUT2D eigenvalue weighted by Gasteiger charge is 2.61. The zero-order valence-corrected chi connectivity index (χ0v) is 10.6. The monoisotopic (exact) mass is 246 g/mol. The highest BCUT2D eigenvalue weighted by molar-refractivity contribution is 5.47. The molecule has 0 aromatic heterocycles. The van der Waals surface area contributed by atoms with Crippen molar-refractivity contribution in [3.8, 4) is 11.5 Å². The van der Waals surface area contributed by atoms with Crippen molar-refractivity contribution in [1.82, 2.24) is 0 Å². The molecule has 1 saturated carbocycles. The van der Waals surface area contributed by atoms with Gasteiger partial charge in [0.15, 0.2) is 0 Å². The Morgan fingerprint density at radius 1 is 1.22 bits per heavy atom. The summed E-state index contributed by atoms with van der Waals surface area (Å²) >= 11 is 0. The van der Waals surface area contributed by atoms with E-state index in [0.29, 0.717) is 0 Å². The lowest BCUT2D eigenvalue weighted by Gasteiger charge is -2.39. The first-order valence-corrected chi connectivity index (χ1v) is 6.85. The standard InChI is InChI=1S/C15H18O3/c1-16-10-5-6-12-11(9-10)13-14(17-13)15(18-12)7-3-2-4-8-15/h5-6,9,13-14H,2-4,7-8H2,1H3/t13-,14-/m1/s1. The van der Waals surface area contributed by atoms with Gasteiger partial charge in [0.1, 0.15) is 29.3 Å². The first-order chi connectivity index (χ1) is 8.82. The number of methoxy groups -OCH3 is 1. The lowest BCUT2D eigenvalue weighted by molar-refractivity contribution is 0.00133. The molecular formula is C15H18O3. The molecule has 0 amide bonds. The van der Waals surface area contributed by atoms with Gasteiger partial charge in [-0.3, -0.25) is 0 Å². The number of fused-ring (bicyclic) bond motifs is 4. The van der Waals surface area contributed by atoms with E-state index in [1.54, 1.807) is 7.11 Å². The maximum atomic E-state index is 6.33. The highest BCUT2D eigenvalue weighted by atomic mass is 16.6. The summed E-state index contributed by atoms with van der Waals surface area (Å²) in [6.45, 7) is 0. The van der Waals surface area contributed by atoms with Crippen molar-refractivity contribution in [3.05, 3.63) is 23.8 Å². The van der Waals surface area contributed by atoms with E-state index in [-0.39, 0.29) is 17.8 Å². The second-order valence-corrected chi connectivity index (χ2v) is 5.61. The van der Waals surface area contributed by atoms with E-state index in [1.807, 2.05) is 12.1 Å². The van der Waals surface area contributed by atoms with Crippen LogP contribution in [0.25, 0.3) is 0 Å². The third kappa shape index (κ3) is 1.40. The van der Waals surface area contributed by atoms with Crippen LogP contribution in [0.1, 0.15) is 43.8 Å². The molecule has 0 unspecified atom stereocenters. The molecule has 1 aliphatic carbocycles. The van der Waals surface area contributed by atoms with Crippen molar-refractivity contribution in [2.24, 2.45) is 0 Å². The molecule has 0 radical (unpaired) electrons. The molecule has 3 aliphatic rings. The number of ether oxygens (including phenoxy) is 3. The van der Waals surface area contributed by atoms with Crippen LogP contribution < -0.4 is 9.47 Å². The van der Waals surface area contributed by atoms with E-state index >= 15 is 0 Å². The zero-order valence-electron chi connectivity index (χ0n) is 10.6. The second kappa shape index (κ2) is 3.64. The van der Waals surface area contributed by atoms with Gasteiger partial charge in [-0.1, -0.05) is 6.42 Å². The van der Waals surface area contributed by atoms with Gasteiger partial charge < -0.3 is 14.2 Å². The summed E-state index contributed by atoms with van der Waals surface area (Å²) < 4.78 is 17.5. The predicted octanol–water partition coefficient (Wildman–Crippen LogP) is 3.23. The molecule has 1 aromatic rings. The van der Waals surface area contributed by atoms with Gasteiger partial charge in [-0.25, -0.2) is 0 Å². The summed E-state index contributed by atoms with van der Waals surface area (Å²) in [5.74, 6) is 1.88. The third-order valence-electron chi connectivity index (χ3n) is 4.55. The Labute approximate surface area is 107 Å². The first-order valence-electron chi connectivity index (χ1n) is 6.85. The van der Waals surface area contributed by atoms with Gasteiger partial charge in [0.05, 0.1) is 7.11 Å². The minimum absolute atomic E-state index is 0.0372. The van der Waals surface area contributed by atoms with Crippen molar-refractivity contribution >= 4 is 0 Å². The number of benzene rings is 1. The lowest BCUT2D eigenvalue weighted by Crippen LogP contribution is -2.45. The topological polar surface area (TPSA) is 31.0 Å². The smallest absolute Gasteiger partial charge is 0.138 e. The average Bonchev–Trinajstić information content (AvgIpc) is 3.21. The van der Waals surface area contributed by atoms with Gasteiger partial charge in [0.25, 0.3) is 0 Å². The normalized spacial score (nSPS) is 31.2. The maximum absolute atomic E-state index is 6.33. The molecule has 2 fully saturated rings. The molecule has 3 nitrogen and oxygen atoms in total. The van der Waals surface area contributed by atoms with Crippen molar-refractivity contribution in [2.75, 3.05) is 7.11 Å². The minimum Gasteiger partial charge on any atom is -0.497 e. The summed E-state index contributed by atoms with van der Waals surface area (Å²) in [6, 6.07) is 6.05. The average molecular weight is 246 g/mol. The molecule has 1 saturated heterocycles. The molecule has 0 bridgehead atoms. The van der Waals surface area contributed by atoms with E-state index in [2.05, 4.69) is 6.07 Å². The molecule has 4 rings (SSSR count). The number of rotatable bonds is 1. The lowest BCUT2D eigenvalue weighted by atomic mass is 9.79. The molecular weight excluding hydrogens is 228 g/mol. The molecule has 0 N–H and O–H groups in total. The summed E-state index contributed by atoms with van der Waals surface area (Å²) in [7, 11) is 1.69. The Morgan fingerprint density at radius 2 is 2.06 bits per heavy atom. The van der Waals surface area contributed by atoms with E-state index in [0.717, 1.165) is 29.9 Å². The molecule has 2 heterocycles. The van der Waals surface area contributed by atoms with Crippen LogP contribution in [-0.2, 0) is 4.74 Å². The van der Waals surface area contributed by atoms with E-state index < -0.39 is 0 Å². The SMILES string of the molecule is COc1ccc2c(c1)[C@H]1O[C@H]1C1(CCCCC1)O2. The van der Waals surface area contributed by atoms with Crippen LogP contribution in [0.5, 0.6) is 11.5 Å². The molecule has 3 heteroatoms. The van der Waals surface area contributed by atoms with Crippen molar-refractivity contribution < 1.29 is 14.2 Å². The van der Waals surface area contributed by atoms with Crippen LogP contribution >= 0.6 is 0 Å². The summed E-state index contributed by atoms with van der Waals surface area (Å²) in [5.41, 5.74) is 1.13. The Hall–Kier alpha value is -1.22. The van der Waals surface area contributed by atoms with Gasteiger partial charge in [-0.05, 0) is 43.9 Å². The van der Waals surface area contributed by atoms with Crippen LogP contribution in [0.15, 0.2) is 18.2 Å². The number of hydrogen-bond donors (Lipinski definition) is 0. The molecule has 1 aromatic carbocycles. The van der Waals surface area contributed by atoms with Crippen LogP contribution in [0, 0.1) is 0 Å². The van der Waals surface area contributed by atoms with Gasteiger partial charge >= 0.3 is 0 Å². The summed E-state index contributed by atoms with van der Waals surface area (Å²) in [6.07, 6.45) is 6.65. The largest absolute Gasteiger partial charge is 0.497 e. The Bertz CT molecular complexity index is 477. The second-order valence-electron chi connectivity index (χ2n) is 5.61. The quantitative estimate of drug-likeness (QED) is 0.713. The first kappa shape index (κ1) is 10.7. The fourth-order valence-corrected chi connectivity index (χ4v) is 3.53. The van der Waals surface area contributed by atoms with Crippen LogP contribution in [-0.4, -0.2) is 18.8 Å². The fourth-order valence-electron chi connectivity index (χ4n) is 3.53. The maximum Gasteiger partial charge on any atom is 0.138 e. The Kier molecular flexibility index (Phi) is 2.16. The van der Waals surface area contributed by atoms with Crippen molar-refractivity contribution in [2.45, 2.75) is 49.9 Å². The Balaban J connectivity index is 1.71. The van der Waals surface area contributed by atoms with Crippen molar-refractivity contribution in [3.63, 3.8) is 0 Å². The molecule has 2 aliphatic heterocycles. The summed E-state index contributed by atoms with van der Waals surface area (Å²) in [5, 5.41) is 0. The highest BCUT2D eigenvalue weighted by Crippen LogP contribution is 2.58. The van der Waals surface area contributed by atoms with Crippen LogP contribution in [0.3, 0.4) is 0 Å². The predicted molar refractivity (Wildman–Crippen MR) is 67.1 cm³/mol. The molecule has 18 heavy (non-hydrogen) atoms. The van der Waals surface area contributed by atoms with Crippen LogP contribution in [0.4, 0.5) is 0 Å². The Morgan fingerprint density at radius 3 is 2.83 bits per heavy atom. The number of hydrogen-bond acceptors (Lipinski definition) is 3. The van der Waals surface area contributed by atoms with Crippen molar-refractivity contribution in [1.29, 1.82) is 0 Å². The van der Waals surface area contributed by atoms with Gasteiger partial charge in [0.2, 0.25) is 0 Å². The summed E-state index contributed by atoms with van der Waals surface area (Å²) in [4.78, 5) is 0.